The molecule has 0 spiro atoms. The van der Waals surface area contributed by atoms with Gasteiger partial charge in [0.05, 0.1) is 5.41 Å². The Bertz CT molecular complexity index is 428. The van der Waals surface area contributed by atoms with Crippen LogP contribution >= 0.6 is 0 Å². The van der Waals surface area contributed by atoms with Crippen molar-refractivity contribution in [2.45, 2.75) is 39.5 Å². The van der Waals surface area contributed by atoms with Crippen LogP contribution in [0.2, 0.25) is 0 Å². The molecule has 5 nitrogen and oxygen atoms in total. The molecule has 1 unspecified atom stereocenters. The van der Waals surface area contributed by atoms with Gasteiger partial charge in [-0.15, -0.1) is 0 Å². The molecule has 0 aromatic carbocycles. The minimum atomic E-state index is -0.460. The maximum Gasteiger partial charge on any atom is 0.312 e. The molecule has 2 heterocycles. The van der Waals surface area contributed by atoms with E-state index in [2.05, 4.69) is 15.6 Å². The molecule has 0 amide bonds. The van der Waals surface area contributed by atoms with E-state index in [1.807, 2.05) is 32.9 Å². The summed E-state index contributed by atoms with van der Waals surface area (Å²) < 4.78 is 5.44. The highest BCUT2D eigenvalue weighted by Gasteiger charge is 2.31. The second-order valence-corrected chi connectivity index (χ2v) is 5.87. The summed E-state index contributed by atoms with van der Waals surface area (Å²) >= 11 is 0. The first-order valence-electron chi connectivity index (χ1n) is 6.56. The van der Waals surface area contributed by atoms with Gasteiger partial charge in [-0.25, -0.2) is 0 Å². The second-order valence-electron chi connectivity index (χ2n) is 5.87. The van der Waals surface area contributed by atoms with Crippen LogP contribution in [0, 0.1) is 5.41 Å². The number of hydrogen-bond donors (Lipinski definition) is 2. The van der Waals surface area contributed by atoms with Crippen LogP contribution in [-0.4, -0.2) is 29.8 Å². The summed E-state index contributed by atoms with van der Waals surface area (Å²) in [7, 11) is 0. The van der Waals surface area contributed by atoms with Gasteiger partial charge in [0.25, 0.3) is 0 Å². The first-order chi connectivity index (χ1) is 8.95. The predicted molar refractivity (Wildman–Crippen MR) is 73.6 cm³/mol. The van der Waals surface area contributed by atoms with Crippen LogP contribution in [0.3, 0.4) is 0 Å². The van der Waals surface area contributed by atoms with Gasteiger partial charge in [-0.1, -0.05) is 0 Å². The van der Waals surface area contributed by atoms with Gasteiger partial charge in [-0.3, -0.25) is 15.1 Å². The topological polar surface area (TPSA) is 63.2 Å². The highest BCUT2D eigenvalue weighted by Crippen LogP contribution is 2.20. The zero-order chi connectivity index (χ0) is 13.9. The summed E-state index contributed by atoms with van der Waals surface area (Å²) in [5.41, 5.74) is 0.572. The molecular formula is C14H21N3O2. The van der Waals surface area contributed by atoms with Gasteiger partial charge in [-0.05, 0) is 32.9 Å². The zero-order valence-corrected chi connectivity index (χ0v) is 11.6. The largest absolute Gasteiger partial charge is 0.446 e. The number of aromatic nitrogens is 1. The summed E-state index contributed by atoms with van der Waals surface area (Å²) in [6.45, 7) is 6.36. The molecule has 0 bridgehead atoms. The molecule has 19 heavy (non-hydrogen) atoms. The van der Waals surface area contributed by atoms with Gasteiger partial charge in [-0.2, -0.15) is 0 Å². The Labute approximate surface area is 113 Å². The SMILES string of the molecule is CC(C)(C)C(=O)OC1C[C@H](Nc2ccncc2)CN1. The van der Waals surface area contributed by atoms with Crippen molar-refractivity contribution in [3.8, 4) is 0 Å². The first-order valence-corrected chi connectivity index (χ1v) is 6.56. The van der Waals surface area contributed by atoms with Crippen molar-refractivity contribution in [2.75, 3.05) is 11.9 Å². The number of hydrogen-bond acceptors (Lipinski definition) is 5. The lowest BCUT2D eigenvalue weighted by atomic mass is 9.97. The van der Waals surface area contributed by atoms with E-state index in [-0.39, 0.29) is 18.2 Å². The number of ether oxygens (including phenoxy) is 1. The number of nitrogens with one attached hydrogen (secondary N) is 2. The molecule has 0 aliphatic carbocycles. The Morgan fingerprint density at radius 1 is 1.42 bits per heavy atom. The molecule has 104 valence electrons. The van der Waals surface area contributed by atoms with E-state index < -0.39 is 5.41 Å². The summed E-state index contributed by atoms with van der Waals surface area (Å²) in [4.78, 5) is 15.8. The molecule has 1 aliphatic rings. The van der Waals surface area contributed by atoms with Crippen LogP contribution in [0.25, 0.3) is 0 Å². The van der Waals surface area contributed by atoms with E-state index in [4.69, 9.17) is 4.74 Å². The average Bonchev–Trinajstić information content (AvgIpc) is 2.76. The van der Waals surface area contributed by atoms with Gasteiger partial charge in [0.1, 0.15) is 0 Å². The van der Waals surface area contributed by atoms with Crippen molar-refractivity contribution in [3.63, 3.8) is 0 Å². The quantitative estimate of drug-likeness (QED) is 0.814. The van der Waals surface area contributed by atoms with Crippen molar-refractivity contribution in [2.24, 2.45) is 5.41 Å². The fraction of sp³-hybridized carbons (Fsp3) is 0.571. The smallest absolute Gasteiger partial charge is 0.312 e. The molecular weight excluding hydrogens is 242 g/mol. The minimum absolute atomic E-state index is 0.172. The molecule has 0 saturated carbocycles. The van der Waals surface area contributed by atoms with E-state index in [0.29, 0.717) is 0 Å². The monoisotopic (exact) mass is 263 g/mol. The highest BCUT2D eigenvalue weighted by atomic mass is 16.6. The molecule has 5 heteroatoms. The van der Waals surface area contributed by atoms with Gasteiger partial charge in [0.15, 0.2) is 6.23 Å². The maximum absolute atomic E-state index is 11.8. The molecule has 2 rings (SSSR count). The fourth-order valence-electron chi connectivity index (χ4n) is 1.89. The molecule has 1 aromatic rings. The van der Waals surface area contributed by atoms with Gasteiger partial charge in [0.2, 0.25) is 0 Å². The van der Waals surface area contributed by atoms with Crippen LogP contribution in [0.5, 0.6) is 0 Å². The van der Waals surface area contributed by atoms with Gasteiger partial charge < -0.3 is 10.1 Å². The number of carbonyl (C=O) groups is 1. The third kappa shape index (κ3) is 3.92. The Morgan fingerprint density at radius 2 is 2.11 bits per heavy atom. The Morgan fingerprint density at radius 3 is 2.74 bits per heavy atom. The molecule has 1 aromatic heterocycles. The van der Waals surface area contributed by atoms with Crippen molar-refractivity contribution in [3.05, 3.63) is 24.5 Å². The fourth-order valence-corrected chi connectivity index (χ4v) is 1.89. The number of rotatable bonds is 3. The zero-order valence-electron chi connectivity index (χ0n) is 11.6. The standard InChI is InChI=1S/C14H21N3O2/c1-14(2,3)13(18)19-12-8-11(9-16-12)17-10-4-6-15-7-5-10/h4-7,11-12,16H,8-9H2,1-3H3,(H,15,17)/t11-,12?/m0/s1. The molecule has 0 radical (unpaired) electrons. The third-order valence-electron chi connectivity index (χ3n) is 3.00. The van der Waals surface area contributed by atoms with Crippen molar-refractivity contribution < 1.29 is 9.53 Å². The lowest BCUT2D eigenvalue weighted by molar-refractivity contribution is -0.159. The Kier molecular flexibility index (Phi) is 4.04. The molecule has 2 N–H and O–H groups in total. The number of nitrogens with zero attached hydrogens (tertiary/aromatic N) is 1. The maximum atomic E-state index is 11.8. The predicted octanol–water partition coefficient (Wildman–Crippen LogP) is 1.77. The van der Waals surface area contributed by atoms with E-state index in [9.17, 15) is 4.79 Å². The summed E-state index contributed by atoms with van der Waals surface area (Å²) in [6.07, 6.45) is 4.07. The van der Waals surface area contributed by atoms with E-state index in [0.717, 1.165) is 18.7 Å². The normalized spacial score (nSPS) is 23.1. The first kappa shape index (κ1) is 13.8. The second kappa shape index (κ2) is 5.57. The Hall–Kier alpha value is -1.62. The minimum Gasteiger partial charge on any atom is -0.446 e. The van der Waals surface area contributed by atoms with Crippen LogP contribution in [0.4, 0.5) is 5.69 Å². The number of pyridine rings is 1. The summed E-state index contributed by atoms with van der Waals surface area (Å²) in [5.74, 6) is -0.172. The molecule has 1 saturated heterocycles. The molecule has 2 atom stereocenters. The number of anilines is 1. The van der Waals surface area contributed by atoms with E-state index >= 15 is 0 Å². The number of carbonyl (C=O) groups excluding carboxylic acids is 1. The molecule has 1 aliphatic heterocycles. The van der Waals surface area contributed by atoms with E-state index in [1.165, 1.54) is 0 Å². The van der Waals surface area contributed by atoms with Crippen molar-refractivity contribution in [1.29, 1.82) is 0 Å². The van der Waals surface area contributed by atoms with Gasteiger partial charge in [0, 0.05) is 37.1 Å². The van der Waals surface area contributed by atoms with Crippen LogP contribution < -0.4 is 10.6 Å². The average molecular weight is 263 g/mol. The summed E-state index contributed by atoms with van der Waals surface area (Å²) in [6, 6.07) is 4.11. The van der Waals surface area contributed by atoms with Crippen molar-refractivity contribution >= 4 is 11.7 Å². The van der Waals surface area contributed by atoms with Crippen LogP contribution in [0.15, 0.2) is 24.5 Å². The summed E-state index contributed by atoms with van der Waals surface area (Å²) in [5, 5.41) is 6.60. The van der Waals surface area contributed by atoms with E-state index in [1.54, 1.807) is 12.4 Å². The third-order valence-corrected chi connectivity index (χ3v) is 3.00. The van der Waals surface area contributed by atoms with Crippen LogP contribution in [-0.2, 0) is 9.53 Å². The van der Waals surface area contributed by atoms with Crippen LogP contribution in [0.1, 0.15) is 27.2 Å². The number of esters is 1. The lowest BCUT2D eigenvalue weighted by Gasteiger charge is -2.20. The van der Waals surface area contributed by atoms with Gasteiger partial charge >= 0.3 is 5.97 Å². The van der Waals surface area contributed by atoms with Crippen molar-refractivity contribution in [1.82, 2.24) is 10.3 Å². The molecule has 1 fully saturated rings. The highest BCUT2D eigenvalue weighted by molar-refractivity contribution is 5.75. The lowest BCUT2D eigenvalue weighted by Crippen LogP contribution is -2.33. The Balaban J connectivity index is 1.82.